The Labute approximate surface area is 187 Å². The first-order valence-corrected chi connectivity index (χ1v) is 11.6. The number of carbonyl (C=O) groups is 3. The second-order valence-electron chi connectivity index (χ2n) is 11.8. The Balaban J connectivity index is 1.53. The molecular formula is C26H30O6. The predicted molar refractivity (Wildman–Crippen MR) is 113 cm³/mol. The van der Waals surface area contributed by atoms with Crippen LogP contribution in [0.5, 0.6) is 0 Å². The Hall–Kier alpha value is -2.21. The molecule has 0 radical (unpaired) electrons. The zero-order valence-electron chi connectivity index (χ0n) is 19.3. The molecule has 170 valence electrons. The third kappa shape index (κ3) is 1.92. The minimum Gasteiger partial charge on any atom is -0.472 e. The lowest BCUT2D eigenvalue weighted by Gasteiger charge is -2.66. The Morgan fingerprint density at radius 2 is 1.75 bits per heavy atom. The van der Waals surface area contributed by atoms with E-state index in [1.807, 2.05) is 32.9 Å². The monoisotopic (exact) mass is 438 g/mol. The molecule has 0 N–H and O–H groups in total. The highest BCUT2D eigenvalue weighted by molar-refractivity contribution is 5.98. The molecule has 1 aromatic heterocycles. The maximum Gasteiger partial charge on any atom is 0.339 e. The van der Waals surface area contributed by atoms with Crippen molar-refractivity contribution < 1.29 is 28.3 Å². The van der Waals surface area contributed by atoms with Crippen molar-refractivity contribution in [2.45, 2.75) is 71.7 Å². The molecule has 3 aliphatic carbocycles. The SMILES string of the molecule is CC1(C)C(=O)C=C[C@@]2(C)[C@H]3CC[C@@]4(C)[C@H](c5ccoc5)OC(=O)[C@H]5O[C@]54[C@@]3(C)C(=O)C[C@@H]12. The largest absolute Gasteiger partial charge is 0.472 e. The molecule has 1 spiro atoms. The van der Waals surface area contributed by atoms with Gasteiger partial charge in [-0.05, 0) is 49.2 Å². The van der Waals surface area contributed by atoms with Crippen molar-refractivity contribution in [1.82, 2.24) is 0 Å². The van der Waals surface area contributed by atoms with Crippen molar-refractivity contribution in [3.05, 3.63) is 36.3 Å². The van der Waals surface area contributed by atoms with Gasteiger partial charge in [-0.3, -0.25) is 9.59 Å². The fraction of sp³-hybridized carbons (Fsp3) is 0.654. The summed E-state index contributed by atoms with van der Waals surface area (Å²) in [5.74, 6) is -0.312. The fourth-order valence-corrected chi connectivity index (χ4v) is 8.56. The van der Waals surface area contributed by atoms with Crippen molar-refractivity contribution in [3.8, 4) is 0 Å². The van der Waals surface area contributed by atoms with Crippen LogP contribution in [0.3, 0.4) is 0 Å². The molecule has 1 aromatic rings. The van der Waals surface area contributed by atoms with Crippen LogP contribution in [-0.4, -0.2) is 29.2 Å². The van der Waals surface area contributed by atoms with Gasteiger partial charge in [0.15, 0.2) is 11.9 Å². The minimum atomic E-state index is -0.912. The van der Waals surface area contributed by atoms with Crippen LogP contribution in [0.1, 0.15) is 65.5 Å². The predicted octanol–water partition coefficient (Wildman–Crippen LogP) is 4.20. The number of hydrogen-bond donors (Lipinski definition) is 0. The van der Waals surface area contributed by atoms with E-state index in [4.69, 9.17) is 13.9 Å². The molecule has 5 aliphatic rings. The number of esters is 1. The highest BCUT2D eigenvalue weighted by atomic mass is 16.7. The molecule has 8 atom stereocenters. The first-order chi connectivity index (χ1) is 14.9. The number of fused-ring (bicyclic) bond motifs is 3. The van der Waals surface area contributed by atoms with Gasteiger partial charge in [0, 0.05) is 22.8 Å². The van der Waals surface area contributed by atoms with E-state index in [-0.39, 0.29) is 28.8 Å². The smallest absolute Gasteiger partial charge is 0.339 e. The van der Waals surface area contributed by atoms with E-state index in [2.05, 4.69) is 13.8 Å². The lowest BCUT2D eigenvalue weighted by molar-refractivity contribution is -0.210. The maximum absolute atomic E-state index is 14.1. The zero-order chi connectivity index (χ0) is 22.9. The first kappa shape index (κ1) is 20.4. The van der Waals surface area contributed by atoms with E-state index < -0.39 is 40.0 Å². The quantitative estimate of drug-likeness (QED) is 0.483. The molecule has 6 rings (SSSR count). The van der Waals surface area contributed by atoms with Gasteiger partial charge in [-0.15, -0.1) is 0 Å². The Kier molecular flexibility index (Phi) is 3.60. The van der Waals surface area contributed by atoms with E-state index >= 15 is 0 Å². The van der Waals surface area contributed by atoms with Crippen molar-refractivity contribution in [2.24, 2.45) is 33.5 Å². The topological polar surface area (TPSA) is 86.1 Å². The number of rotatable bonds is 1. The van der Waals surface area contributed by atoms with E-state index in [1.54, 1.807) is 18.6 Å². The second-order valence-corrected chi connectivity index (χ2v) is 11.8. The summed E-state index contributed by atoms with van der Waals surface area (Å²) in [5, 5.41) is 0. The second kappa shape index (κ2) is 5.64. The lowest BCUT2D eigenvalue weighted by Crippen LogP contribution is -2.71. The van der Waals surface area contributed by atoms with E-state index in [9.17, 15) is 14.4 Å². The van der Waals surface area contributed by atoms with Crippen LogP contribution < -0.4 is 0 Å². The summed E-state index contributed by atoms with van der Waals surface area (Å²) in [6.07, 6.45) is 7.57. The third-order valence-corrected chi connectivity index (χ3v) is 10.3. The number of allylic oxidation sites excluding steroid dienone is 2. The molecule has 6 nitrogen and oxygen atoms in total. The number of ether oxygens (including phenoxy) is 2. The Morgan fingerprint density at radius 3 is 2.44 bits per heavy atom. The summed E-state index contributed by atoms with van der Waals surface area (Å²) in [4.78, 5) is 39.8. The van der Waals surface area contributed by atoms with Gasteiger partial charge in [0.1, 0.15) is 17.5 Å². The Bertz CT molecular complexity index is 1080. The van der Waals surface area contributed by atoms with Gasteiger partial charge in [-0.25, -0.2) is 4.79 Å². The van der Waals surface area contributed by atoms with Crippen LogP contribution >= 0.6 is 0 Å². The molecule has 2 aliphatic heterocycles. The van der Waals surface area contributed by atoms with E-state index in [0.29, 0.717) is 6.42 Å². The number of carbonyl (C=O) groups excluding carboxylic acids is 3. The summed E-state index contributed by atoms with van der Waals surface area (Å²) in [6, 6.07) is 1.83. The van der Waals surface area contributed by atoms with Crippen molar-refractivity contribution in [2.75, 3.05) is 0 Å². The average molecular weight is 439 g/mol. The van der Waals surface area contributed by atoms with Gasteiger partial charge in [0.2, 0.25) is 0 Å². The third-order valence-electron chi connectivity index (χ3n) is 10.3. The van der Waals surface area contributed by atoms with Crippen LogP contribution in [-0.2, 0) is 23.9 Å². The van der Waals surface area contributed by atoms with Crippen LogP contribution in [0.15, 0.2) is 35.2 Å². The summed E-state index contributed by atoms with van der Waals surface area (Å²) >= 11 is 0. The highest BCUT2D eigenvalue weighted by Gasteiger charge is 2.88. The normalized spacial score (nSPS) is 50.6. The number of cyclic esters (lactones) is 1. The number of furan rings is 1. The molecular weight excluding hydrogens is 408 g/mol. The number of hydrogen-bond acceptors (Lipinski definition) is 6. The molecule has 2 saturated heterocycles. The molecule has 32 heavy (non-hydrogen) atoms. The summed E-state index contributed by atoms with van der Waals surface area (Å²) < 4.78 is 17.5. The Morgan fingerprint density at radius 1 is 1.00 bits per heavy atom. The highest BCUT2D eigenvalue weighted by Crippen LogP contribution is 2.78. The molecule has 4 fully saturated rings. The van der Waals surface area contributed by atoms with Gasteiger partial charge in [-0.2, -0.15) is 0 Å². The van der Waals surface area contributed by atoms with Gasteiger partial charge < -0.3 is 13.9 Å². The average Bonchev–Trinajstić information content (AvgIpc) is 3.30. The molecule has 0 amide bonds. The molecule has 0 unspecified atom stereocenters. The van der Waals surface area contributed by atoms with E-state index in [1.165, 1.54) is 0 Å². The number of Topliss-reactive ketones (excluding diaryl/α,β-unsaturated/α-hetero) is 1. The van der Waals surface area contributed by atoms with Crippen LogP contribution in [0.2, 0.25) is 0 Å². The minimum absolute atomic E-state index is 0.0288. The molecule has 0 bridgehead atoms. The molecule has 6 heteroatoms. The van der Waals surface area contributed by atoms with Crippen LogP contribution in [0.4, 0.5) is 0 Å². The summed E-state index contributed by atoms with van der Waals surface area (Å²) in [7, 11) is 0. The maximum atomic E-state index is 14.1. The van der Waals surface area contributed by atoms with Crippen LogP contribution in [0, 0.1) is 33.5 Å². The van der Waals surface area contributed by atoms with Crippen molar-refractivity contribution in [1.29, 1.82) is 0 Å². The van der Waals surface area contributed by atoms with Crippen molar-refractivity contribution >= 4 is 17.5 Å². The van der Waals surface area contributed by atoms with Gasteiger partial charge in [0.25, 0.3) is 0 Å². The van der Waals surface area contributed by atoms with Gasteiger partial charge in [0.05, 0.1) is 17.9 Å². The first-order valence-electron chi connectivity index (χ1n) is 11.6. The fourth-order valence-electron chi connectivity index (χ4n) is 8.56. The van der Waals surface area contributed by atoms with Crippen LogP contribution in [0.25, 0.3) is 0 Å². The van der Waals surface area contributed by atoms with E-state index in [0.717, 1.165) is 18.4 Å². The summed E-state index contributed by atoms with van der Waals surface area (Å²) in [6.45, 7) is 10.2. The summed E-state index contributed by atoms with van der Waals surface area (Å²) in [5.41, 5.74) is -2.45. The molecule has 2 saturated carbocycles. The number of ketones is 2. The lowest BCUT2D eigenvalue weighted by atomic mass is 9.36. The van der Waals surface area contributed by atoms with Gasteiger partial charge >= 0.3 is 5.97 Å². The number of epoxide rings is 1. The molecule has 3 heterocycles. The van der Waals surface area contributed by atoms with Crippen molar-refractivity contribution in [3.63, 3.8) is 0 Å². The molecule has 0 aromatic carbocycles. The van der Waals surface area contributed by atoms with Gasteiger partial charge in [-0.1, -0.05) is 33.8 Å². The standard InChI is InChI=1S/C26H30O6/c1-22(2)16-12-18(28)25(5)15(23(16,3)9-7-17(22)27)6-10-24(4)19(14-8-11-30-13-14)31-21(29)20-26(24,25)32-20/h7-9,11,13,15-16,19-20H,6,10,12H2,1-5H3/t15-,16+,19+,20-,23+,24+,25-,26-/m1/s1. The zero-order valence-corrected chi connectivity index (χ0v) is 19.3.